The van der Waals surface area contributed by atoms with Crippen LogP contribution in [0, 0.1) is 5.92 Å². The summed E-state index contributed by atoms with van der Waals surface area (Å²) in [4.78, 5) is 19.8. The highest BCUT2D eigenvalue weighted by atomic mass is 35.5. The zero-order valence-corrected chi connectivity index (χ0v) is 20.4. The molecule has 0 spiro atoms. The van der Waals surface area contributed by atoms with Crippen LogP contribution in [-0.4, -0.2) is 40.2 Å². The van der Waals surface area contributed by atoms with Gasteiger partial charge in [0.2, 0.25) is 5.91 Å². The minimum Gasteiger partial charge on any atom is -0.494 e. The van der Waals surface area contributed by atoms with Crippen molar-refractivity contribution < 1.29 is 9.53 Å². The summed E-state index contributed by atoms with van der Waals surface area (Å²) in [6, 6.07) is 17.5. The van der Waals surface area contributed by atoms with E-state index in [4.69, 9.17) is 21.4 Å². The largest absolute Gasteiger partial charge is 0.494 e. The molecule has 1 amide bonds. The lowest BCUT2D eigenvalue weighted by atomic mass is 9.97. The van der Waals surface area contributed by atoms with E-state index in [1.54, 1.807) is 6.20 Å². The molecule has 0 bridgehead atoms. The van der Waals surface area contributed by atoms with E-state index in [2.05, 4.69) is 15.2 Å². The number of rotatable bonds is 7. The molecule has 4 aromatic rings. The van der Waals surface area contributed by atoms with Crippen molar-refractivity contribution in [3.8, 4) is 17.0 Å². The number of aromatic nitrogens is 3. The number of carbonyl (C=O) groups excluding carboxylic acids is 1. The number of hydrogen-bond donors (Lipinski definition) is 1. The molecule has 0 aliphatic carbocycles. The van der Waals surface area contributed by atoms with E-state index in [9.17, 15) is 4.79 Å². The van der Waals surface area contributed by atoms with Crippen molar-refractivity contribution in [1.82, 2.24) is 19.9 Å². The van der Waals surface area contributed by atoms with Crippen molar-refractivity contribution in [2.24, 2.45) is 5.92 Å². The molecule has 1 unspecified atom stereocenters. The number of carbonyl (C=O) groups is 1. The number of piperidine rings is 1. The van der Waals surface area contributed by atoms with Gasteiger partial charge in [0.1, 0.15) is 11.3 Å². The summed E-state index contributed by atoms with van der Waals surface area (Å²) in [6.45, 7) is 4.58. The number of nitrogens with one attached hydrogen (secondary N) is 1. The Kier molecular flexibility index (Phi) is 6.86. The molecule has 2 aromatic carbocycles. The number of nitrogens with zero attached hydrogens (tertiary/aromatic N) is 4. The van der Waals surface area contributed by atoms with Crippen molar-refractivity contribution in [2.75, 3.05) is 24.6 Å². The first-order valence-corrected chi connectivity index (χ1v) is 12.3. The predicted molar refractivity (Wildman–Crippen MR) is 138 cm³/mol. The van der Waals surface area contributed by atoms with Crippen LogP contribution in [-0.2, 0) is 11.3 Å². The molecule has 1 fully saturated rings. The summed E-state index contributed by atoms with van der Waals surface area (Å²) in [7, 11) is 0. The maximum absolute atomic E-state index is 13.0. The maximum atomic E-state index is 13.0. The molecule has 3 heterocycles. The van der Waals surface area contributed by atoms with E-state index in [0.29, 0.717) is 24.7 Å². The summed E-state index contributed by atoms with van der Waals surface area (Å²) in [5.74, 6) is 1.66. The molecule has 180 valence electrons. The Hall–Kier alpha value is -3.58. The number of fused-ring (bicyclic) bond motifs is 1. The lowest BCUT2D eigenvalue weighted by molar-refractivity contribution is -0.125. The Morgan fingerprint density at radius 2 is 2.06 bits per heavy atom. The van der Waals surface area contributed by atoms with Gasteiger partial charge in [0.15, 0.2) is 5.82 Å². The van der Waals surface area contributed by atoms with Gasteiger partial charge in [0, 0.05) is 42.6 Å². The SMILES string of the molecule is CCOc1ccc(CNC(=O)C2CCCN(c3nccn4nc(-c5cccc(Cl)c5)cc34)C2)cc1. The number of amides is 1. The summed E-state index contributed by atoms with van der Waals surface area (Å²) in [6.07, 6.45) is 5.39. The van der Waals surface area contributed by atoms with E-state index in [1.165, 1.54) is 0 Å². The highest BCUT2D eigenvalue weighted by Crippen LogP contribution is 2.29. The minimum absolute atomic E-state index is 0.0728. The van der Waals surface area contributed by atoms with E-state index in [-0.39, 0.29) is 11.8 Å². The first kappa shape index (κ1) is 23.2. The van der Waals surface area contributed by atoms with Gasteiger partial charge in [-0.05, 0) is 55.7 Å². The molecule has 1 aliphatic heterocycles. The van der Waals surface area contributed by atoms with Crippen molar-refractivity contribution in [2.45, 2.75) is 26.3 Å². The van der Waals surface area contributed by atoms with Crippen LogP contribution in [0.3, 0.4) is 0 Å². The molecule has 1 atom stereocenters. The Bertz CT molecular complexity index is 1320. The van der Waals surface area contributed by atoms with Gasteiger partial charge in [-0.25, -0.2) is 9.50 Å². The molecule has 1 saturated heterocycles. The van der Waals surface area contributed by atoms with Crippen LogP contribution < -0.4 is 15.0 Å². The number of ether oxygens (including phenoxy) is 1. The Labute approximate surface area is 209 Å². The number of halogens is 1. The van der Waals surface area contributed by atoms with Crippen molar-refractivity contribution in [1.29, 1.82) is 0 Å². The predicted octanol–water partition coefficient (Wildman–Crippen LogP) is 4.98. The van der Waals surface area contributed by atoms with Gasteiger partial charge in [-0.3, -0.25) is 4.79 Å². The van der Waals surface area contributed by atoms with Gasteiger partial charge < -0.3 is 15.0 Å². The molecule has 8 heteroatoms. The van der Waals surface area contributed by atoms with Gasteiger partial charge in [-0.15, -0.1) is 0 Å². The smallest absolute Gasteiger partial charge is 0.225 e. The number of benzene rings is 2. The average molecular weight is 490 g/mol. The zero-order valence-electron chi connectivity index (χ0n) is 19.7. The second kappa shape index (κ2) is 10.4. The van der Waals surface area contributed by atoms with E-state index in [1.807, 2.05) is 72.2 Å². The van der Waals surface area contributed by atoms with Crippen LogP contribution in [0.15, 0.2) is 67.0 Å². The summed E-state index contributed by atoms with van der Waals surface area (Å²) in [5.41, 5.74) is 3.76. The fourth-order valence-electron chi connectivity index (χ4n) is 4.53. The zero-order chi connectivity index (χ0) is 24.2. The van der Waals surface area contributed by atoms with Crippen LogP contribution >= 0.6 is 11.6 Å². The molecule has 0 saturated carbocycles. The second-order valence-corrected chi connectivity index (χ2v) is 9.14. The lowest BCUT2D eigenvalue weighted by Crippen LogP contribution is -2.43. The highest BCUT2D eigenvalue weighted by Gasteiger charge is 2.27. The van der Waals surface area contributed by atoms with E-state index < -0.39 is 0 Å². The number of hydrogen-bond acceptors (Lipinski definition) is 5. The summed E-state index contributed by atoms with van der Waals surface area (Å²) >= 11 is 6.18. The minimum atomic E-state index is -0.0937. The third-order valence-corrected chi connectivity index (χ3v) is 6.52. The van der Waals surface area contributed by atoms with Gasteiger partial charge in [0.05, 0.1) is 18.2 Å². The van der Waals surface area contributed by atoms with Crippen molar-refractivity contribution >= 4 is 28.8 Å². The maximum Gasteiger partial charge on any atom is 0.225 e. The molecule has 2 aromatic heterocycles. The molecule has 5 rings (SSSR count). The van der Waals surface area contributed by atoms with Crippen LogP contribution in [0.2, 0.25) is 5.02 Å². The molecule has 35 heavy (non-hydrogen) atoms. The first-order valence-electron chi connectivity index (χ1n) is 12.0. The molecule has 1 N–H and O–H groups in total. The first-order chi connectivity index (χ1) is 17.1. The molecular weight excluding hydrogens is 462 g/mol. The molecule has 7 nitrogen and oxygen atoms in total. The Balaban J connectivity index is 1.28. The fourth-order valence-corrected chi connectivity index (χ4v) is 4.72. The van der Waals surface area contributed by atoms with Crippen molar-refractivity contribution in [3.63, 3.8) is 0 Å². The molecular formula is C27H28ClN5O2. The van der Waals surface area contributed by atoms with Gasteiger partial charge in [0.25, 0.3) is 0 Å². The summed E-state index contributed by atoms with van der Waals surface area (Å²) in [5, 5.41) is 8.50. The van der Waals surface area contributed by atoms with Gasteiger partial charge >= 0.3 is 0 Å². The fraction of sp³-hybridized carbons (Fsp3) is 0.296. The normalized spacial score (nSPS) is 15.8. The number of anilines is 1. The third-order valence-electron chi connectivity index (χ3n) is 6.28. The van der Waals surface area contributed by atoms with Crippen molar-refractivity contribution in [3.05, 3.63) is 77.6 Å². The average Bonchev–Trinajstić information content (AvgIpc) is 3.33. The quantitative estimate of drug-likeness (QED) is 0.396. The van der Waals surface area contributed by atoms with Crippen LogP contribution in [0.5, 0.6) is 5.75 Å². The van der Waals surface area contributed by atoms with E-state index >= 15 is 0 Å². The lowest BCUT2D eigenvalue weighted by Gasteiger charge is -2.33. The van der Waals surface area contributed by atoms with Crippen LogP contribution in [0.25, 0.3) is 16.8 Å². The van der Waals surface area contributed by atoms with Crippen LogP contribution in [0.4, 0.5) is 5.82 Å². The third kappa shape index (κ3) is 5.25. The highest BCUT2D eigenvalue weighted by molar-refractivity contribution is 6.30. The van der Waals surface area contributed by atoms with Gasteiger partial charge in [-0.2, -0.15) is 5.10 Å². The van der Waals surface area contributed by atoms with Gasteiger partial charge in [-0.1, -0.05) is 35.9 Å². The Morgan fingerprint density at radius 3 is 2.86 bits per heavy atom. The second-order valence-electron chi connectivity index (χ2n) is 8.70. The van der Waals surface area contributed by atoms with E-state index in [0.717, 1.165) is 53.3 Å². The van der Waals surface area contributed by atoms with Crippen LogP contribution in [0.1, 0.15) is 25.3 Å². The summed E-state index contributed by atoms with van der Waals surface area (Å²) < 4.78 is 7.33. The monoisotopic (exact) mass is 489 g/mol. The standard InChI is InChI=1S/C27H28ClN5O2/c1-2-35-23-10-8-19(9-11-23)17-30-27(34)21-6-4-13-32(18-21)26-25-16-24(31-33(25)14-12-29-26)20-5-3-7-22(28)15-20/h3,5,7-12,14-16,21H,2,4,6,13,17-18H2,1H3,(H,30,34). The topological polar surface area (TPSA) is 71.8 Å². The molecule has 0 radical (unpaired) electrons. The molecule has 1 aliphatic rings. The Morgan fingerprint density at radius 1 is 1.20 bits per heavy atom.